The number of aliphatic carboxylic acids is 1. The molecule has 1 amide bonds. The topological polar surface area (TPSA) is 117 Å². The monoisotopic (exact) mass is 611 g/mol. The summed E-state index contributed by atoms with van der Waals surface area (Å²) in [6.45, 7) is 4.79. The van der Waals surface area contributed by atoms with Gasteiger partial charge in [0.25, 0.3) is 0 Å². The average Bonchev–Trinajstić information content (AvgIpc) is 2.94. The molecule has 3 heterocycles. The van der Waals surface area contributed by atoms with Gasteiger partial charge in [-0.15, -0.1) is 0 Å². The highest BCUT2D eigenvalue weighted by Crippen LogP contribution is 2.35. The lowest BCUT2D eigenvalue weighted by atomic mass is 9.83. The Labute approximate surface area is 251 Å². The van der Waals surface area contributed by atoms with Gasteiger partial charge in [-0.1, -0.05) is 29.3 Å². The molecule has 0 bridgehead atoms. The fourth-order valence-corrected chi connectivity index (χ4v) is 5.79. The zero-order chi connectivity index (χ0) is 30.0. The number of carbonyl (C=O) groups excluding carboxylic acids is 1. The molecular formula is C29H40Cl2FN5O4. The first-order valence-corrected chi connectivity index (χ1v) is 14.7. The van der Waals surface area contributed by atoms with Crippen molar-refractivity contribution < 1.29 is 23.8 Å². The first kappa shape index (κ1) is 33.0. The minimum atomic E-state index is -1.21. The second-order valence-corrected chi connectivity index (χ2v) is 11.7. The number of carboxylic acid groups (broad SMARTS) is 1. The van der Waals surface area contributed by atoms with E-state index in [0.717, 1.165) is 50.2 Å². The van der Waals surface area contributed by atoms with E-state index in [-0.39, 0.29) is 16.5 Å². The van der Waals surface area contributed by atoms with Crippen molar-refractivity contribution in [3.05, 3.63) is 51.4 Å². The number of anilines is 1. The molecule has 9 nitrogen and oxygen atoms in total. The number of unbranched alkanes of at least 4 members (excludes halogenated alkanes) is 1. The highest BCUT2D eigenvalue weighted by atomic mass is 35.5. The number of hydrogen-bond donors (Lipinski definition) is 3. The van der Waals surface area contributed by atoms with Crippen molar-refractivity contribution in [2.24, 2.45) is 0 Å². The van der Waals surface area contributed by atoms with Crippen LogP contribution in [0, 0.1) is 0 Å². The lowest BCUT2D eigenvalue weighted by Crippen LogP contribution is -2.50. The van der Waals surface area contributed by atoms with Gasteiger partial charge < -0.3 is 25.4 Å². The van der Waals surface area contributed by atoms with Crippen LogP contribution in [-0.4, -0.2) is 84.0 Å². The summed E-state index contributed by atoms with van der Waals surface area (Å²) in [6.07, 6.45) is 6.92. The molecule has 2 aromatic heterocycles. The summed E-state index contributed by atoms with van der Waals surface area (Å²) in [5, 5.41) is 16.3. The fraction of sp³-hybridized carbons (Fsp3) is 0.586. The van der Waals surface area contributed by atoms with E-state index in [1.807, 2.05) is 4.90 Å². The van der Waals surface area contributed by atoms with Crippen LogP contribution in [0.2, 0.25) is 10.0 Å². The predicted octanol–water partition coefficient (Wildman–Crippen LogP) is 4.69. The van der Waals surface area contributed by atoms with Gasteiger partial charge in [-0.2, -0.15) is 0 Å². The lowest BCUT2D eigenvalue weighted by molar-refractivity contribution is -0.143. The summed E-state index contributed by atoms with van der Waals surface area (Å²) in [6, 6.07) is 3.04. The Hall–Kier alpha value is -2.53. The number of carbonyl (C=O) groups is 2. The van der Waals surface area contributed by atoms with Gasteiger partial charge in [-0.3, -0.25) is 9.78 Å². The van der Waals surface area contributed by atoms with Crippen LogP contribution in [0.15, 0.2) is 24.5 Å². The molecule has 0 aromatic carbocycles. The van der Waals surface area contributed by atoms with Crippen LogP contribution in [0.25, 0.3) is 0 Å². The summed E-state index contributed by atoms with van der Waals surface area (Å²) in [5.74, 6) is -0.724. The first-order valence-electron chi connectivity index (χ1n) is 13.9. The molecule has 0 spiro atoms. The highest BCUT2D eigenvalue weighted by molar-refractivity contribution is 6.36. The number of fused-ring (bicyclic) bond motifs is 1. The van der Waals surface area contributed by atoms with E-state index in [1.165, 1.54) is 25.1 Å². The maximum absolute atomic E-state index is 13.5. The molecule has 12 heteroatoms. The lowest BCUT2D eigenvalue weighted by Gasteiger charge is -2.30. The van der Waals surface area contributed by atoms with Crippen molar-refractivity contribution in [2.45, 2.75) is 69.9 Å². The third-order valence-electron chi connectivity index (χ3n) is 7.46. The van der Waals surface area contributed by atoms with E-state index in [9.17, 15) is 19.1 Å². The summed E-state index contributed by atoms with van der Waals surface area (Å²) in [4.78, 5) is 36.0. The second-order valence-electron chi connectivity index (χ2n) is 10.9. The van der Waals surface area contributed by atoms with Crippen LogP contribution >= 0.6 is 23.2 Å². The van der Waals surface area contributed by atoms with Crippen LogP contribution in [-0.2, 0) is 32.6 Å². The van der Waals surface area contributed by atoms with Crippen LogP contribution in [0.4, 0.5) is 10.2 Å². The van der Waals surface area contributed by atoms with Crippen molar-refractivity contribution in [2.75, 3.05) is 45.3 Å². The smallest absolute Gasteiger partial charge is 0.326 e. The minimum absolute atomic E-state index is 0.121. The van der Waals surface area contributed by atoms with Gasteiger partial charge in [0.2, 0.25) is 5.91 Å². The number of nitrogens with zero attached hydrogens (tertiary/aromatic N) is 3. The molecule has 0 fully saturated rings. The van der Waals surface area contributed by atoms with Gasteiger partial charge in [0.05, 0.1) is 21.6 Å². The summed E-state index contributed by atoms with van der Waals surface area (Å²) < 4.78 is 18.7. The van der Waals surface area contributed by atoms with Gasteiger partial charge >= 0.3 is 5.97 Å². The van der Waals surface area contributed by atoms with Crippen LogP contribution in [0.5, 0.6) is 0 Å². The Morgan fingerprint density at radius 2 is 1.95 bits per heavy atom. The van der Waals surface area contributed by atoms with Crippen LogP contribution < -0.4 is 10.6 Å². The van der Waals surface area contributed by atoms with E-state index < -0.39 is 36.1 Å². The normalized spacial score (nSPS) is 14.7. The van der Waals surface area contributed by atoms with Crippen molar-refractivity contribution in [3.8, 4) is 0 Å². The van der Waals surface area contributed by atoms with Crippen LogP contribution in [0.3, 0.4) is 0 Å². The van der Waals surface area contributed by atoms with Gasteiger partial charge in [0.1, 0.15) is 18.5 Å². The number of aryl methyl sites for hydroxylation is 2. The molecule has 2 aromatic rings. The maximum Gasteiger partial charge on any atom is 0.326 e. The van der Waals surface area contributed by atoms with Gasteiger partial charge in [-0.05, 0) is 70.5 Å². The Bertz CT molecular complexity index is 1160. The number of halogens is 3. The zero-order valence-electron chi connectivity index (χ0n) is 23.9. The number of carboxylic acids is 1. The predicted molar refractivity (Wildman–Crippen MR) is 159 cm³/mol. The number of hydrogen-bond acceptors (Lipinski definition) is 7. The Kier molecular flexibility index (Phi) is 12.6. The van der Waals surface area contributed by atoms with Crippen molar-refractivity contribution in [3.63, 3.8) is 0 Å². The van der Waals surface area contributed by atoms with E-state index in [0.29, 0.717) is 25.2 Å². The van der Waals surface area contributed by atoms with Crippen molar-refractivity contribution in [1.29, 1.82) is 0 Å². The molecule has 3 rings (SSSR count). The first-order chi connectivity index (χ1) is 19.6. The van der Waals surface area contributed by atoms with Crippen LogP contribution in [0.1, 0.15) is 56.4 Å². The van der Waals surface area contributed by atoms with E-state index in [2.05, 4.69) is 27.8 Å². The Morgan fingerprint density at radius 3 is 2.61 bits per heavy atom. The minimum Gasteiger partial charge on any atom is -0.480 e. The van der Waals surface area contributed by atoms with E-state index in [1.54, 1.807) is 13.8 Å². The van der Waals surface area contributed by atoms with Crippen molar-refractivity contribution in [1.82, 2.24) is 20.2 Å². The molecule has 0 unspecified atom stereocenters. The third kappa shape index (κ3) is 9.23. The standard InChI is InChI=1S/C29H40Cl2FN5O4/c1-29(2,25-22(30)16-33-17-23(25)31)28(40)36-24(27(38)39)11-14-37(18-21(15-32)41-3)13-5-4-8-20-10-9-19-7-6-12-34-26(19)35-20/h9-10,16-17,21,24H,4-8,11-15,18H2,1-3H3,(H,34,35)(H,36,40)(H,38,39)/t21-,24+/m1/s1. The van der Waals surface area contributed by atoms with Gasteiger partial charge in [0, 0.05) is 50.4 Å². The molecule has 0 aliphatic carbocycles. The summed E-state index contributed by atoms with van der Waals surface area (Å²) in [5.41, 5.74) is 1.43. The third-order valence-corrected chi connectivity index (χ3v) is 8.03. The van der Waals surface area contributed by atoms with E-state index >= 15 is 0 Å². The Morgan fingerprint density at radius 1 is 1.22 bits per heavy atom. The molecular weight excluding hydrogens is 572 g/mol. The number of nitrogens with one attached hydrogen (secondary N) is 2. The molecule has 0 radical (unpaired) electrons. The number of alkyl halides is 1. The quantitative estimate of drug-likeness (QED) is 0.234. The molecule has 0 saturated heterocycles. The second kappa shape index (κ2) is 15.6. The molecule has 0 saturated carbocycles. The molecule has 1 aliphatic heterocycles. The molecule has 2 atom stereocenters. The Balaban J connectivity index is 1.59. The van der Waals surface area contributed by atoms with E-state index in [4.69, 9.17) is 32.9 Å². The van der Waals surface area contributed by atoms with Gasteiger partial charge in [0.15, 0.2) is 0 Å². The molecule has 226 valence electrons. The maximum atomic E-state index is 13.5. The molecule has 41 heavy (non-hydrogen) atoms. The number of aromatic nitrogens is 2. The number of methoxy groups -OCH3 is 1. The molecule has 1 aliphatic rings. The number of rotatable bonds is 16. The largest absolute Gasteiger partial charge is 0.480 e. The highest BCUT2D eigenvalue weighted by Gasteiger charge is 2.36. The number of ether oxygens (including phenoxy) is 1. The molecule has 3 N–H and O–H groups in total. The fourth-order valence-electron chi connectivity index (χ4n) is 4.95. The summed E-state index contributed by atoms with van der Waals surface area (Å²) >= 11 is 12.5. The zero-order valence-corrected chi connectivity index (χ0v) is 25.4. The SMILES string of the molecule is CO[C@H](CF)CN(CCCCc1ccc2c(n1)NCCC2)CC[C@H](NC(=O)C(C)(C)c1c(Cl)cncc1Cl)C(=O)O. The number of pyridine rings is 2. The average molecular weight is 613 g/mol. The number of amides is 1. The van der Waals surface area contributed by atoms with Gasteiger partial charge in [-0.25, -0.2) is 14.2 Å². The van der Waals surface area contributed by atoms with Crippen molar-refractivity contribution >= 4 is 40.9 Å². The summed E-state index contributed by atoms with van der Waals surface area (Å²) in [7, 11) is 1.45.